The van der Waals surface area contributed by atoms with Gasteiger partial charge in [0.25, 0.3) is 6.41 Å². The lowest BCUT2D eigenvalue weighted by Gasteiger charge is -2.25. The summed E-state index contributed by atoms with van der Waals surface area (Å²) in [5, 5.41) is 12.1. The molecule has 2 aromatic rings. The maximum absolute atomic E-state index is 13.0. The fourth-order valence-corrected chi connectivity index (χ4v) is 2.48. The van der Waals surface area contributed by atoms with Crippen LogP contribution in [0.25, 0.3) is 0 Å². The fraction of sp³-hybridized carbons (Fsp3) is 0.188. The van der Waals surface area contributed by atoms with Crippen LogP contribution < -0.4 is 10.1 Å². The number of carbonyl (C=O) groups is 1. The topological polar surface area (TPSA) is 67.8 Å². The monoisotopic (exact) mass is 303 g/mol. The Labute approximate surface area is 126 Å². The van der Waals surface area contributed by atoms with Crippen molar-refractivity contribution in [3.63, 3.8) is 0 Å². The van der Waals surface area contributed by atoms with Crippen molar-refractivity contribution in [1.29, 1.82) is 0 Å². The zero-order valence-electron chi connectivity index (χ0n) is 11.8. The van der Waals surface area contributed by atoms with Gasteiger partial charge in [-0.1, -0.05) is 12.1 Å². The van der Waals surface area contributed by atoms with Gasteiger partial charge in [0.05, 0.1) is 18.4 Å². The number of aliphatic hydroxyl groups excluding tert-OH is 1. The minimum absolute atomic E-state index is 0.314. The van der Waals surface area contributed by atoms with Crippen molar-refractivity contribution in [3.05, 3.63) is 58.9 Å². The van der Waals surface area contributed by atoms with E-state index >= 15 is 0 Å². The van der Waals surface area contributed by atoms with E-state index in [-0.39, 0.29) is 5.82 Å². The van der Waals surface area contributed by atoms with E-state index in [0.717, 1.165) is 5.56 Å². The molecule has 0 aliphatic carbocycles. The molecule has 2 aromatic carbocycles. The quantitative estimate of drug-likeness (QED) is 0.852. The lowest BCUT2D eigenvalue weighted by Crippen LogP contribution is -2.32. The number of rotatable bonds is 3. The lowest BCUT2D eigenvalue weighted by atomic mass is 9.96. The van der Waals surface area contributed by atoms with Crippen molar-refractivity contribution in [2.45, 2.75) is 12.8 Å². The number of halogens is 1. The molecule has 1 unspecified atom stereocenters. The van der Waals surface area contributed by atoms with Crippen LogP contribution in [0.15, 0.2) is 36.4 Å². The van der Waals surface area contributed by atoms with Crippen LogP contribution in [0.1, 0.15) is 21.5 Å². The van der Waals surface area contributed by atoms with Crippen molar-refractivity contribution >= 4 is 11.7 Å². The van der Waals surface area contributed by atoms with E-state index in [0.29, 0.717) is 29.0 Å². The van der Waals surface area contributed by atoms with E-state index in [2.05, 4.69) is 5.32 Å². The van der Waals surface area contributed by atoms with E-state index in [1.54, 1.807) is 24.3 Å². The summed E-state index contributed by atoms with van der Waals surface area (Å²) in [6.07, 6.45) is -0.994. The van der Waals surface area contributed by atoms with E-state index in [4.69, 9.17) is 9.47 Å². The number of hydrogen-bond acceptors (Lipinski definition) is 5. The van der Waals surface area contributed by atoms with Crippen molar-refractivity contribution in [3.8, 4) is 5.75 Å². The molecule has 0 amide bonds. The molecule has 0 fully saturated rings. The predicted octanol–water partition coefficient (Wildman–Crippen LogP) is 2.28. The highest BCUT2D eigenvalue weighted by Gasteiger charge is 2.28. The molecule has 22 heavy (non-hydrogen) atoms. The number of esters is 1. The van der Waals surface area contributed by atoms with Gasteiger partial charge in [-0.05, 0) is 29.8 Å². The molecular formula is C16H14FNO4. The largest absolute Gasteiger partial charge is 0.496 e. The third-order valence-electron chi connectivity index (χ3n) is 3.49. The molecule has 114 valence electrons. The molecule has 1 aliphatic heterocycles. The molecule has 0 saturated heterocycles. The van der Waals surface area contributed by atoms with Gasteiger partial charge in [-0.25, -0.2) is 9.18 Å². The van der Waals surface area contributed by atoms with Crippen molar-refractivity contribution in [2.75, 3.05) is 12.4 Å². The molecule has 1 aliphatic rings. The molecule has 3 rings (SSSR count). The van der Waals surface area contributed by atoms with Gasteiger partial charge in [-0.2, -0.15) is 0 Å². The smallest absolute Gasteiger partial charge is 0.344 e. The number of methoxy groups -OCH3 is 1. The second-order valence-electron chi connectivity index (χ2n) is 4.87. The molecule has 0 spiro atoms. The molecule has 5 nitrogen and oxygen atoms in total. The second-order valence-corrected chi connectivity index (χ2v) is 4.87. The first-order chi connectivity index (χ1) is 10.6. The molecule has 0 aromatic heterocycles. The number of aliphatic hydroxyl groups is 1. The number of cyclic esters (lactones) is 1. The molecule has 0 saturated carbocycles. The van der Waals surface area contributed by atoms with Crippen molar-refractivity contribution in [2.24, 2.45) is 0 Å². The zero-order valence-corrected chi connectivity index (χ0v) is 11.8. The molecule has 0 radical (unpaired) electrons. The maximum atomic E-state index is 13.0. The number of nitrogens with one attached hydrogen (secondary N) is 1. The molecule has 6 heteroatoms. The van der Waals surface area contributed by atoms with Gasteiger partial charge in [0.1, 0.15) is 11.6 Å². The van der Waals surface area contributed by atoms with E-state index in [1.165, 1.54) is 19.2 Å². The lowest BCUT2D eigenvalue weighted by molar-refractivity contribution is -0.0503. The van der Waals surface area contributed by atoms with E-state index in [1.807, 2.05) is 0 Å². The van der Waals surface area contributed by atoms with Crippen LogP contribution in [0.5, 0.6) is 5.75 Å². The summed E-state index contributed by atoms with van der Waals surface area (Å²) in [6.45, 7) is 0. The number of fused-ring (bicyclic) bond motifs is 1. The highest BCUT2D eigenvalue weighted by molar-refractivity contribution is 5.99. The van der Waals surface area contributed by atoms with Crippen LogP contribution in [0.3, 0.4) is 0 Å². The van der Waals surface area contributed by atoms with Gasteiger partial charge >= 0.3 is 5.97 Å². The number of hydrogen-bond donors (Lipinski definition) is 2. The van der Waals surface area contributed by atoms with Crippen LogP contribution in [-0.4, -0.2) is 24.6 Å². The highest BCUT2D eigenvalue weighted by Crippen LogP contribution is 2.34. The number of carbonyl (C=O) groups excluding carboxylic acids is 1. The van der Waals surface area contributed by atoms with Gasteiger partial charge in [0.15, 0.2) is 0 Å². The Kier molecular flexibility index (Phi) is 3.68. The Morgan fingerprint density at radius 3 is 2.68 bits per heavy atom. The Bertz CT molecular complexity index is 715. The Hall–Kier alpha value is -2.60. The Morgan fingerprint density at radius 1 is 1.27 bits per heavy atom. The fourth-order valence-electron chi connectivity index (χ4n) is 2.48. The molecule has 1 atom stereocenters. The van der Waals surface area contributed by atoms with Crippen LogP contribution in [0, 0.1) is 5.82 Å². The summed E-state index contributed by atoms with van der Waals surface area (Å²) in [7, 11) is 1.51. The van der Waals surface area contributed by atoms with Gasteiger partial charge in [-0.3, -0.25) is 0 Å². The summed E-state index contributed by atoms with van der Waals surface area (Å²) in [6, 6.07) is 9.35. The zero-order chi connectivity index (χ0) is 15.7. The van der Waals surface area contributed by atoms with Crippen molar-refractivity contribution in [1.82, 2.24) is 0 Å². The SMILES string of the molecule is COc1ccc2c(c1Cc1ccc(F)cc1)C(=O)OC(O)N2. The third kappa shape index (κ3) is 2.60. The first-order valence-electron chi connectivity index (χ1n) is 6.68. The molecule has 0 bridgehead atoms. The maximum Gasteiger partial charge on any atom is 0.344 e. The van der Waals surface area contributed by atoms with Crippen LogP contribution >= 0.6 is 0 Å². The average molecular weight is 303 g/mol. The highest BCUT2D eigenvalue weighted by atomic mass is 19.1. The van der Waals surface area contributed by atoms with Gasteiger partial charge in [-0.15, -0.1) is 0 Å². The summed E-state index contributed by atoms with van der Waals surface area (Å²) in [5.41, 5.74) is 2.23. The molecule has 1 heterocycles. The number of benzene rings is 2. The van der Waals surface area contributed by atoms with Gasteiger partial charge < -0.3 is 19.9 Å². The minimum Gasteiger partial charge on any atom is -0.496 e. The van der Waals surface area contributed by atoms with Crippen LogP contribution in [0.4, 0.5) is 10.1 Å². The first kappa shape index (κ1) is 14.3. The van der Waals surface area contributed by atoms with Crippen molar-refractivity contribution < 1.29 is 23.8 Å². The third-order valence-corrected chi connectivity index (χ3v) is 3.49. The van der Waals surface area contributed by atoms with Gasteiger partial charge in [0, 0.05) is 12.0 Å². The van der Waals surface area contributed by atoms with Crippen LogP contribution in [-0.2, 0) is 11.2 Å². The number of ether oxygens (including phenoxy) is 2. The van der Waals surface area contributed by atoms with E-state index in [9.17, 15) is 14.3 Å². The first-order valence-corrected chi connectivity index (χ1v) is 6.68. The second kappa shape index (κ2) is 5.65. The summed E-state index contributed by atoms with van der Waals surface area (Å²) in [5.74, 6) is -0.425. The number of anilines is 1. The molecular weight excluding hydrogens is 289 g/mol. The summed E-state index contributed by atoms with van der Waals surface area (Å²) in [4.78, 5) is 12.1. The average Bonchev–Trinajstić information content (AvgIpc) is 2.49. The van der Waals surface area contributed by atoms with Gasteiger partial charge in [0.2, 0.25) is 0 Å². The normalized spacial score (nSPS) is 16.5. The standard InChI is InChI=1S/C16H14FNO4/c1-21-13-7-6-12-14(15(19)22-16(20)18-12)11(13)8-9-2-4-10(17)5-3-9/h2-7,16,18,20H,8H2,1H3. The summed E-state index contributed by atoms with van der Waals surface area (Å²) < 4.78 is 23.1. The van der Waals surface area contributed by atoms with E-state index < -0.39 is 12.4 Å². The predicted molar refractivity (Wildman–Crippen MR) is 77.2 cm³/mol. The molecule has 2 N–H and O–H groups in total. The Morgan fingerprint density at radius 2 is 2.00 bits per heavy atom. The minimum atomic E-state index is -1.37. The Balaban J connectivity index is 2.07. The summed E-state index contributed by atoms with van der Waals surface area (Å²) >= 11 is 0. The van der Waals surface area contributed by atoms with Crippen LogP contribution in [0.2, 0.25) is 0 Å².